The first-order valence-electron chi connectivity index (χ1n) is 7.34. The zero-order valence-electron chi connectivity index (χ0n) is 13.0. The Hall–Kier alpha value is -2.31. The molecule has 0 saturated heterocycles. The van der Waals surface area contributed by atoms with E-state index >= 15 is 0 Å². The van der Waals surface area contributed by atoms with Crippen LogP contribution in [-0.4, -0.2) is 21.1 Å². The van der Waals surface area contributed by atoms with Gasteiger partial charge < -0.3 is 0 Å². The van der Waals surface area contributed by atoms with Crippen molar-refractivity contribution in [2.75, 3.05) is 0 Å². The normalized spacial score (nSPS) is 12.0. The Bertz CT molecular complexity index is 937. The van der Waals surface area contributed by atoms with Crippen molar-refractivity contribution in [2.45, 2.75) is 6.92 Å². The highest BCUT2D eigenvalue weighted by molar-refractivity contribution is 9.12. The fourth-order valence-electron chi connectivity index (χ4n) is 2.15. The van der Waals surface area contributed by atoms with Crippen molar-refractivity contribution in [3.05, 3.63) is 75.0 Å². The van der Waals surface area contributed by atoms with Gasteiger partial charge in [0.25, 0.3) is 0 Å². The van der Waals surface area contributed by atoms with E-state index in [0.29, 0.717) is 10.6 Å². The van der Waals surface area contributed by atoms with Crippen LogP contribution in [0.15, 0.2) is 64.2 Å². The highest BCUT2D eigenvalue weighted by Gasteiger charge is 2.07. The molecule has 0 saturated carbocycles. The van der Waals surface area contributed by atoms with Gasteiger partial charge in [0.1, 0.15) is 0 Å². The lowest BCUT2D eigenvalue weighted by Crippen LogP contribution is -1.94. The van der Waals surface area contributed by atoms with Gasteiger partial charge in [0.05, 0.1) is 6.21 Å². The summed E-state index contributed by atoms with van der Waals surface area (Å²) in [6.45, 7) is 2.05. The molecule has 0 bridgehead atoms. The van der Waals surface area contributed by atoms with Crippen LogP contribution in [0.4, 0.5) is 0 Å². The summed E-state index contributed by atoms with van der Waals surface area (Å²) in [5.74, 6) is 0.677. The zero-order chi connectivity index (χ0) is 16.9. The fraction of sp³-hybridized carbons (Fsp3) is 0.0556. The number of halogens is 1. The predicted molar refractivity (Wildman–Crippen MR) is 105 cm³/mol. The standard InChI is InChI=1S/C18H15BrN4S/c1-13-7-9-15(10-8-13)17-21-22-18(24)23(17)20-12-16(19)11-14-5-3-2-4-6-14/h2-12H,1H3,(H,22,24). The van der Waals surface area contributed by atoms with Crippen molar-refractivity contribution < 1.29 is 0 Å². The number of aryl methyl sites for hydroxylation is 1. The van der Waals surface area contributed by atoms with Gasteiger partial charge in [-0.3, -0.25) is 0 Å². The average molecular weight is 399 g/mol. The number of nitrogens with one attached hydrogen (secondary N) is 1. The first kappa shape index (κ1) is 16.5. The molecule has 3 rings (SSSR count). The first-order chi connectivity index (χ1) is 11.6. The Balaban J connectivity index is 1.90. The Labute approximate surface area is 153 Å². The van der Waals surface area contributed by atoms with E-state index in [1.54, 1.807) is 10.9 Å². The molecular formula is C18H15BrN4S. The molecule has 0 amide bonds. The Morgan fingerprint density at radius 1 is 1.17 bits per heavy atom. The molecule has 0 aliphatic heterocycles. The topological polar surface area (TPSA) is 46.0 Å². The number of H-pyrrole nitrogens is 1. The fourth-order valence-corrected chi connectivity index (χ4v) is 2.68. The SMILES string of the molecule is Cc1ccc(-c2n[nH]c(=S)n2N=CC(Br)=Cc2ccccc2)cc1. The molecule has 0 fully saturated rings. The van der Waals surface area contributed by atoms with Crippen LogP contribution >= 0.6 is 28.1 Å². The zero-order valence-corrected chi connectivity index (χ0v) is 15.4. The van der Waals surface area contributed by atoms with Gasteiger partial charge in [-0.05, 0) is 46.7 Å². The minimum Gasteiger partial charge on any atom is -0.250 e. The third-order valence-electron chi connectivity index (χ3n) is 3.36. The summed E-state index contributed by atoms with van der Waals surface area (Å²) in [6, 6.07) is 18.1. The van der Waals surface area contributed by atoms with Gasteiger partial charge in [0, 0.05) is 10.0 Å². The summed E-state index contributed by atoms with van der Waals surface area (Å²) >= 11 is 8.79. The van der Waals surface area contributed by atoms with Crippen LogP contribution in [0.25, 0.3) is 17.5 Å². The average Bonchev–Trinajstić information content (AvgIpc) is 2.95. The van der Waals surface area contributed by atoms with Gasteiger partial charge in [-0.1, -0.05) is 60.2 Å². The number of allylic oxidation sites excluding steroid dienone is 1. The lowest BCUT2D eigenvalue weighted by atomic mass is 10.1. The second-order valence-corrected chi connectivity index (χ2v) is 6.52. The van der Waals surface area contributed by atoms with Crippen LogP contribution in [0.3, 0.4) is 0 Å². The third kappa shape index (κ3) is 3.96. The quantitative estimate of drug-likeness (QED) is 0.485. The molecule has 0 radical (unpaired) electrons. The summed E-state index contributed by atoms with van der Waals surface area (Å²) in [5.41, 5.74) is 3.23. The second kappa shape index (κ2) is 7.51. The van der Waals surface area contributed by atoms with Gasteiger partial charge >= 0.3 is 0 Å². The van der Waals surface area contributed by atoms with E-state index in [1.807, 2.05) is 67.6 Å². The molecule has 0 atom stereocenters. The summed E-state index contributed by atoms with van der Waals surface area (Å²) in [6.07, 6.45) is 3.69. The summed E-state index contributed by atoms with van der Waals surface area (Å²) in [5, 5.41) is 11.5. The second-order valence-electron chi connectivity index (χ2n) is 5.21. The Kier molecular flexibility index (Phi) is 5.17. The molecule has 1 N–H and O–H groups in total. The first-order valence-corrected chi connectivity index (χ1v) is 8.55. The van der Waals surface area contributed by atoms with E-state index in [2.05, 4.69) is 31.2 Å². The lowest BCUT2D eigenvalue weighted by molar-refractivity contribution is 0.872. The molecule has 0 unspecified atom stereocenters. The van der Waals surface area contributed by atoms with Crippen molar-refractivity contribution in [2.24, 2.45) is 5.10 Å². The minimum atomic E-state index is 0.446. The van der Waals surface area contributed by atoms with E-state index in [4.69, 9.17) is 12.2 Å². The summed E-state index contributed by atoms with van der Waals surface area (Å²) in [4.78, 5) is 0. The number of hydrogen-bond acceptors (Lipinski definition) is 3. The van der Waals surface area contributed by atoms with Crippen LogP contribution in [0.2, 0.25) is 0 Å². The molecule has 0 spiro atoms. The van der Waals surface area contributed by atoms with E-state index in [-0.39, 0.29) is 0 Å². The molecule has 24 heavy (non-hydrogen) atoms. The number of benzene rings is 2. The van der Waals surface area contributed by atoms with Crippen LogP contribution in [0.5, 0.6) is 0 Å². The largest absolute Gasteiger partial charge is 0.250 e. The number of hydrogen-bond donors (Lipinski definition) is 1. The smallest absolute Gasteiger partial charge is 0.216 e. The summed E-state index contributed by atoms with van der Waals surface area (Å²) < 4.78 is 2.90. The molecule has 1 aromatic heterocycles. The van der Waals surface area contributed by atoms with Crippen LogP contribution in [0.1, 0.15) is 11.1 Å². The van der Waals surface area contributed by atoms with Gasteiger partial charge in [0.15, 0.2) is 5.82 Å². The Morgan fingerprint density at radius 3 is 2.58 bits per heavy atom. The number of rotatable bonds is 4. The van der Waals surface area contributed by atoms with Gasteiger partial charge in [-0.2, -0.15) is 14.9 Å². The van der Waals surface area contributed by atoms with E-state index in [1.165, 1.54) is 5.56 Å². The Morgan fingerprint density at radius 2 is 1.88 bits per heavy atom. The van der Waals surface area contributed by atoms with E-state index in [9.17, 15) is 0 Å². The van der Waals surface area contributed by atoms with Crippen LogP contribution < -0.4 is 0 Å². The molecule has 0 aliphatic rings. The van der Waals surface area contributed by atoms with Gasteiger partial charge in [-0.25, -0.2) is 5.10 Å². The maximum atomic E-state index is 5.28. The molecule has 4 nitrogen and oxygen atoms in total. The molecule has 1 heterocycles. The molecule has 6 heteroatoms. The summed E-state index contributed by atoms with van der Waals surface area (Å²) in [7, 11) is 0. The highest BCUT2D eigenvalue weighted by Crippen LogP contribution is 2.18. The molecular weight excluding hydrogens is 384 g/mol. The van der Waals surface area contributed by atoms with Crippen molar-refractivity contribution in [3.8, 4) is 11.4 Å². The van der Waals surface area contributed by atoms with Crippen molar-refractivity contribution in [1.82, 2.24) is 14.9 Å². The minimum absolute atomic E-state index is 0.446. The van der Waals surface area contributed by atoms with Crippen LogP contribution in [-0.2, 0) is 0 Å². The van der Waals surface area contributed by atoms with Gasteiger partial charge in [0.2, 0.25) is 4.77 Å². The maximum Gasteiger partial charge on any atom is 0.216 e. The van der Waals surface area contributed by atoms with Crippen molar-refractivity contribution in [1.29, 1.82) is 0 Å². The number of aromatic nitrogens is 3. The maximum absolute atomic E-state index is 5.28. The predicted octanol–water partition coefficient (Wildman–Crippen LogP) is 5.19. The monoisotopic (exact) mass is 398 g/mol. The highest BCUT2D eigenvalue weighted by atomic mass is 79.9. The van der Waals surface area contributed by atoms with E-state index in [0.717, 1.165) is 15.6 Å². The number of nitrogens with zero attached hydrogens (tertiary/aromatic N) is 3. The number of aromatic amines is 1. The van der Waals surface area contributed by atoms with Crippen LogP contribution in [0, 0.1) is 11.7 Å². The van der Waals surface area contributed by atoms with Gasteiger partial charge in [-0.15, -0.1) is 0 Å². The van der Waals surface area contributed by atoms with Crippen molar-refractivity contribution in [3.63, 3.8) is 0 Å². The third-order valence-corrected chi connectivity index (χ3v) is 4.06. The molecule has 0 aliphatic carbocycles. The molecule has 3 aromatic rings. The molecule has 120 valence electrons. The lowest BCUT2D eigenvalue weighted by Gasteiger charge is -2.01. The van der Waals surface area contributed by atoms with Crippen molar-refractivity contribution >= 4 is 40.4 Å². The van der Waals surface area contributed by atoms with E-state index < -0.39 is 0 Å². The molecule has 2 aromatic carbocycles.